The number of hydrogen-bond acceptors (Lipinski definition) is 8. The Morgan fingerprint density at radius 2 is 1.89 bits per heavy atom. The number of carbonyl (C=O) groups excluding carboxylic acids is 1. The van der Waals surface area contributed by atoms with Crippen molar-refractivity contribution in [1.29, 1.82) is 15.9 Å². The lowest BCUT2D eigenvalue weighted by molar-refractivity contribution is -0.140. The molecule has 0 unspecified atom stereocenters. The summed E-state index contributed by atoms with van der Waals surface area (Å²) >= 11 is 0. The summed E-state index contributed by atoms with van der Waals surface area (Å²) in [4.78, 5) is 20.4. The molecule has 4 heterocycles. The Bertz CT molecular complexity index is 1420. The highest BCUT2D eigenvalue weighted by Crippen LogP contribution is 2.65. The van der Waals surface area contributed by atoms with Crippen molar-refractivity contribution in [3.8, 4) is 12.1 Å². The molecule has 4 aliphatic heterocycles. The number of likely N-dealkylation sites (N-methyl/N-ethyl adjacent to an activating group) is 1. The summed E-state index contributed by atoms with van der Waals surface area (Å²) in [6.07, 6.45) is 2.86. The molecule has 5 aliphatic rings. The number of nitriles is 2. The van der Waals surface area contributed by atoms with Crippen molar-refractivity contribution in [2.24, 2.45) is 22.5 Å². The zero-order valence-corrected chi connectivity index (χ0v) is 21.8. The normalized spacial score (nSPS) is 29.6. The van der Waals surface area contributed by atoms with Gasteiger partial charge in [0.2, 0.25) is 11.5 Å². The highest BCUT2D eigenvalue weighted by atomic mass is 16.5. The topological polar surface area (TPSA) is 133 Å². The zero-order valence-electron chi connectivity index (χ0n) is 21.8. The van der Waals surface area contributed by atoms with Crippen LogP contribution in [0.3, 0.4) is 0 Å². The molecule has 2 spiro atoms. The third kappa shape index (κ3) is 2.65. The predicted octanol–water partition coefficient (Wildman–Crippen LogP) is 2.25. The monoisotopic (exact) mass is 509 g/mol. The van der Waals surface area contributed by atoms with E-state index in [2.05, 4.69) is 28.5 Å². The fourth-order valence-corrected chi connectivity index (χ4v) is 7.67. The van der Waals surface area contributed by atoms with Gasteiger partial charge in [-0.05, 0) is 57.2 Å². The number of allylic oxidation sites excluding steroid dienone is 1. The third-order valence-corrected chi connectivity index (χ3v) is 9.46. The average molecular weight is 510 g/mol. The van der Waals surface area contributed by atoms with Crippen LogP contribution in [-0.4, -0.2) is 68.4 Å². The largest absolute Gasteiger partial charge is 0.455 e. The van der Waals surface area contributed by atoms with E-state index >= 15 is 0 Å². The molecule has 0 saturated carbocycles. The van der Waals surface area contributed by atoms with Crippen LogP contribution < -0.4 is 10.6 Å². The van der Waals surface area contributed by atoms with Gasteiger partial charge in [-0.1, -0.05) is 24.3 Å². The lowest BCUT2D eigenvalue weighted by Gasteiger charge is -2.58. The highest BCUT2D eigenvalue weighted by molar-refractivity contribution is 6.12. The molecule has 6 rings (SSSR count). The number of hydrogen-bond donors (Lipinski definition) is 2. The van der Waals surface area contributed by atoms with Crippen LogP contribution in [0.2, 0.25) is 0 Å². The molecule has 1 aromatic carbocycles. The van der Waals surface area contributed by atoms with Gasteiger partial charge in [-0.25, -0.2) is 0 Å². The first-order valence-corrected chi connectivity index (χ1v) is 13.0. The number of nitrogens with zero attached hydrogens (tertiary/aromatic N) is 5. The van der Waals surface area contributed by atoms with Gasteiger partial charge in [0.1, 0.15) is 0 Å². The van der Waals surface area contributed by atoms with E-state index < -0.39 is 22.3 Å². The van der Waals surface area contributed by atoms with E-state index in [1.54, 1.807) is 11.0 Å². The SMILES string of the molecule is C=CCN1C(=O)[C@@]2(OC(=N)C3=C(N)C(C#N)(C#N)C4(CCN(C)CC4)C4=C3[C@H]2CN(C)C4)c2ccccc21. The van der Waals surface area contributed by atoms with Crippen LogP contribution in [0.15, 0.2) is 59.3 Å². The van der Waals surface area contributed by atoms with E-state index in [1.165, 1.54) is 0 Å². The van der Waals surface area contributed by atoms with E-state index in [0.717, 1.165) is 22.4 Å². The van der Waals surface area contributed by atoms with Gasteiger partial charge in [0.05, 0.1) is 35.0 Å². The molecule has 1 amide bonds. The molecule has 0 bridgehead atoms. The summed E-state index contributed by atoms with van der Waals surface area (Å²) in [6, 6.07) is 12.2. The quantitative estimate of drug-likeness (QED) is 0.584. The first-order chi connectivity index (χ1) is 18.2. The molecular formula is C29H31N7O2. The summed E-state index contributed by atoms with van der Waals surface area (Å²) < 4.78 is 6.43. The maximum absolute atomic E-state index is 14.3. The number of fused-ring (bicyclic) bond motifs is 4. The average Bonchev–Trinajstić information content (AvgIpc) is 3.14. The molecule has 3 N–H and O–H groups in total. The molecule has 9 nitrogen and oxygen atoms in total. The number of piperidine rings is 1. The van der Waals surface area contributed by atoms with E-state index in [9.17, 15) is 15.3 Å². The lowest BCUT2D eigenvalue weighted by atomic mass is 9.48. The number of carbonyl (C=O) groups is 1. The molecule has 1 aliphatic carbocycles. The number of para-hydroxylation sites is 1. The number of rotatable bonds is 2. The Kier molecular flexibility index (Phi) is 5.17. The second kappa shape index (κ2) is 8.04. The van der Waals surface area contributed by atoms with Crippen LogP contribution in [0.25, 0.3) is 0 Å². The standard InChI is InChI=1S/C29H31N7O2/c1-4-11-36-21-8-6-5-7-18(21)29(26(36)37)20-15-35(3)14-19-22(20)23(25(33)38-29)24(32)28(16-30,17-31)27(19)9-12-34(2)13-10-27/h4-8,20,33H,1,9-15,32H2,2-3H3/t20-,29-/m1/s1. The number of anilines is 1. The molecule has 2 atom stereocenters. The number of nitrogens with one attached hydrogen (secondary N) is 1. The van der Waals surface area contributed by atoms with Crippen LogP contribution in [-0.2, 0) is 15.1 Å². The molecule has 0 aromatic heterocycles. The highest BCUT2D eigenvalue weighted by Gasteiger charge is 2.69. The molecule has 2 fully saturated rings. The van der Waals surface area contributed by atoms with Crippen LogP contribution in [0, 0.1) is 44.8 Å². The summed E-state index contributed by atoms with van der Waals surface area (Å²) in [5, 5.41) is 30.3. The number of ether oxygens (including phenoxy) is 1. The molecule has 194 valence electrons. The predicted molar refractivity (Wildman–Crippen MR) is 142 cm³/mol. The van der Waals surface area contributed by atoms with Gasteiger partial charge in [0.25, 0.3) is 5.91 Å². The fourth-order valence-electron chi connectivity index (χ4n) is 7.67. The van der Waals surface area contributed by atoms with Gasteiger partial charge >= 0.3 is 0 Å². The Hall–Kier alpha value is -3.92. The van der Waals surface area contributed by atoms with Gasteiger partial charge in [0, 0.05) is 30.6 Å². The second-order valence-corrected chi connectivity index (χ2v) is 11.2. The van der Waals surface area contributed by atoms with E-state index in [4.69, 9.17) is 15.9 Å². The molecule has 0 radical (unpaired) electrons. The van der Waals surface area contributed by atoms with Crippen LogP contribution in [0.1, 0.15) is 18.4 Å². The molecule has 2 saturated heterocycles. The van der Waals surface area contributed by atoms with Gasteiger partial charge in [-0.15, -0.1) is 6.58 Å². The van der Waals surface area contributed by atoms with Crippen molar-refractivity contribution in [3.63, 3.8) is 0 Å². The Balaban J connectivity index is 1.67. The van der Waals surface area contributed by atoms with Gasteiger partial charge in [-0.2, -0.15) is 10.5 Å². The lowest BCUT2D eigenvalue weighted by Crippen LogP contribution is -2.63. The Morgan fingerprint density at radius 1 is 1.21 bits per heavy atom. The van der Waals surface area contributed by atoms with E-state index in [1.807, 2.05) is 38.4 Å². The fraction of sp³-hybridized carbons (Fsp3) is 0.448. The van der Waals surface area contributed by atoms with E-state index in [-0.39, 0.29) is 17.5 Å². The van der Waals surface area contributed by atoms with Crippen LogP contribution >= 0.6 is 0 Å². The number of nitrogens with two attached hydrogens (primary N) is 1. The van der Waals surface area contributed by atoms with Crippen molar-refractivity contribution in [1.82, 2.24) is 9.80 Å². The summed E-state index contributed by atoms with van der Waals surface area (Å²) in [7, 11) is 4.03. The van der Waals surface area contributed by atoms with Crippen molar-refractivity contribution in [2.45, 2.75) is 18.4 Å². The molecule has 9 heteroatoms. The summed E-state index contributed by atoms with van der Waals surface area (Å²) in [6.45, 7) is 6.63. The van der Waals surface area contributed by atoms with Crippen LogP contribution in [0.5, 0.6) is 0 Å². The van der Waals surface area contributed by atoms with Crippen LogP contribution in [0.4, 0.5) is 5.69 Å². The van der Waals surface area contributed by atoms with Gasteiger partial charge in [-0.3, -0.25) is 10.2 Å². The number of benzene rings is 1. The van der Waals surface area contributed by atoms with Crippen molar-refractivity contribution < 1.29 is 9.53 Å². The van der Waals surface area contributed by atoms with Crippen molar-refractivity contribution >= 4 is 17.5 Å². The van der Waals surface area contributed by atoms with Crippen molar-refractivity contribution in [3.05, 3.63) is 64.9 Å². The molecular weight excluding hydrogens is 478 g/mol. The maximum atomic E-state index is 14.3. The third-order valence-electron chi connectivity index (χ3n) is 9.46. The van der Waals surface area contributed by atoms with Gasteiger partial charge in [0.15, 0.2) is 5.41 Å². The summed E-state index contributed by atoms with van der Waals surface area (Å²) in [5.74, 6) is -0.950. The van der Waals surface area contributed by atoms with Crippen molar-refractivity contribution in [2.75, 3.05) is 51.7 Å². The minimum Gasteiger partial charge on any atom is -0.455 e. The molecule has 1 aromatic rings. The number of likely N-dealkylation sites (tertiary alicyclic amines) is 1. The smallest absolute Gasteiger partial charge is 0.277 e. The Morgan fingerprint density at radius 3 is 2.55 bits per heavy atom. The maximum Gasteiger partial charge on any atom is 0.277 e. The number of amides is 1. The minimum absolute atomic E-state index is 0.0851. The van der Waals surface area contributed by atoms with Gasteiger partial charge < -0.3 is 25.2 Å². The first-order valence-electron chi connectivity index (χ1n) is 13.0. The van der Waals surface area contributed by atoms with E-state index in [0.29, 0.717) is 51.1 Å². The first kappa shape index (κ1) is 24.4. The second-order valence-electron chi connectivity index (χ2n) is 11.2. The summed E-state index contributed by atoms with van der Waals surface area (Å²) in [5.41, 5.74) is 6.56. The molecule has 38 heavy (non-hydrogen) atoms. The zero-order chi connectivity index (χ0) is 27.0. The minimum atomic E-state index is -1.63. The Labute approximate surface area is 222 Å².